The number of nitrogens with zero attached hydrogens (tertiary/aromatic N) is 2. The van der Waals surface area contributed by atoms with Crippen molar-refractivity contribution in [3.05, 3.63) is 177 Å². The molecule has 2 aliphatic heterocycles. The first-order chi connectivity index (χ1) is 37.3. The maximum absolute atomic E-state index is 14.5. The number of hydrogen-bond acceptors (Lipinski definition) is 10. The highest BCUT2D eigenvalue weighted by atomic mass is 35.5. The van der Waals surface area contributed by atoms with Gasteiger partial charge in [-0.2, -0.15) is 0 Å². The van der Waals surface area contributed by atoms with E-state index in [4.69, 9.17) is 39.6 Å². The van der Waals surface area contributed by atoms with Crippen LogP contribution < -0.4 is 8.85 Å². The number of aryl methyl sites for hydroxylation is 2. The standard InChI is InChI=1S/C39H58ClNO5Si2.C27H31NO3/c1-28(2)32-24-20-15-13-14-19-23-30(41-43-27-29-21-17-16-18-22-29)25-31-35(37(42)44-32)33(45-47(9,10)38(3,4)5)26-34(36(31)40)46-48(11,12)39(6,7)8;1-20-16-21(2)26-24(17-20)18-25(28-30-19-23-13-9-7-10-14-23)15-11-6-4-5-8-12-22(3)31-27(26)29/h15-23,26,28,32H,13-14,24-25,27H2,1-12H3;5,7-11,13-17,22H,4,6,12,18-19H2,1-3H3/b20-15+,23-19+,41-30?;8-5+,15-11+,28-25?/t32-;22-/m01/s1. The fourth-order valence-electron chi connectivity index (χ4n) is 8.22. The Balaban J connectivity index is 0.000000318. The van der Waals surface area contributed by atoms with Crippen molar-refractivity contribution in [3.8, 4) is 11.5 Å². The van der Waals surface area contributed by atoms with Crippen molar-refractivity contribution in [2.24, 2.45) is 16.2 Å². The van der Waals surface area contributed by atoms with Gasteiger partial charge in [0.15, 0.2) is 0 Å². The molecular weight excluding hydrogens is 1040 g/mol. The second-order valence-electron chi connectivity index (χ2n) is 24.2. The van der Waals surface area contributed by atoms with Gasteiger partial charge in [-0.1, -0.05) is 192 Å². The van der Waals surface area contributed by atoms with Gasteiger partial charge in [-0.05, 0) is 129 Å². The summed E-state index contributed by atoms with van der Waals surface area (Å²) in [4.78, 5) is 39.0. The van der Waals surface area contributed by atoms with E-state index in [1.807, 2.05) is 112 Å². The van der Waals surface area contributed by atoms with E-state index in [-0.39, 0.29) is 40.6 Å². The van der Waals surface area contributed by atoms with Gasteiger partial charge in [-0.25, -0.2) is 9.59 Å². The average molecular weight is 1130 g/mol. The van der Waals surface area contributed by atoms with Crippen molar-refractivity contribution < 1.29 is 37.6 Å². The predicted molar refractivity (Wildman–Crippen MR) is 331 cm³/mol. The molecule has 0 saturated carbocycles. The molecule has 2 aliphatic rings. The lowest BCUT2D eigenvalue weighted by Crippen LogP contribution is -2.45. The Morgan fingerprint density at radius 3 is 1.62 bits per heavy atom. The van der Waals surface area contributed by atoms with Gasteiger partial charge in [0.05, 0.1) is 22.0 Å². The molecule has 4 aromatic rings. The Kier molecular flexibility index (Phi) is 23.8. The molecule has 0 fully saturated rings. The molecule has 0 N–H and O–H groups in total. The smallest absolute Gasteiger partial charge is 0.342 e. The van der Waals surface area contributed by atoms with Crippen LogP contribution in [-0.2, 0) is 45.2 Å². The van der Waals surface area contributed by atoms with Crippen molar-refractivity contribution in [1.29, 1.82) is 0 Å². The van der Waals surface area contributed by atoms with E-state index in [0.717, 1.165) is 65.6 Å². The third-order valence-electron chi connectivity index (χ3n) is 14.9. The molecule has 0 aromatic heterocycles. The molecule has 0 aliphatic carbocycles. The maximum Gasteiger partial charge on any atom is 0.342 e. The zero-order valence-electron chi connectivity index (χ0n) is 50.0. The number of esters is 2. The zero-order valence-corrected chi connectivity index (χ0v) is 52.7. The van der Waals surface area contributed by atoms with Crippen molar-refractivity contribution in [1.82, 2.24) is 0 Å². The van der Waals surface area contributed by atoms with Crippen LogP contribution in [0.1, 0.15) is 155 Å². The van der Waals surface area contributed by atoms with E-state index in [1.165, 1.54) is 0 Å². The number of oxime groups is 2. The quantitative estimate of drug-likeness (QED) is 0.0631. The number of rotatable bonds is 11. The fraction of sp³-hybridized carbons (Fsp3) is 0.455. The molecular formula is C66H89ClN2O8Si2. The Bertz CT molecular complexity index is 2840. The predicted octanol–water partition coefficient (Wildman–Crippen LogP) is 18.0. The van der Waals surface area contributed by atoms with E-state index in [9.17, 15) is 9.59 Å². The number of cyclic esters (lactones) is 2. The molecule has 79 heavy (non-hydrogen) atoms. The maximum atomic E-state index is 14.5. The minimum Gasteiger partial charge on any atom is -0.543 e. The van der Waals surface area contributed by atoms with Gasteiger partial charge in [0.2, 0.25) is 0 Å². The van der Waals surface area contributed by atoms with Crippen LogP contribution in [-0.4, -0.2) is 52.2 Å². The topological polar surface area (TPSA) is 114 Å². The molecule has 2 atom stereocenters. The van der Waals surface area contributed by atoms with E-state index < -0.39 is 22.6 Å². The minimum absolute atomic E-state index is 0.0824. The molecule has 6 rings (SSSR count). The Labute approximate surface area is 480 Å². The first-order valence-corrected chi connectivity index (χ1v) is 34.3. The largest absolute Gasteiger partial charge is 0.543 e. The van der Waals surface area contributed by atoms with Gasteiger partial charge in [0.25, 0.3) is 16.6 Å². The summed E-state index contributed by atoms with van der Waals surface area (Å²) in [6.45, 7) is 32.6. The minimum atomic E-state index is -2.44. The number of benzene rings is 4. The highest BCUT2D eigenvalue weighted by molar-refractivity contribution is 6.75. The first kappa shape index (κ1) is 63.9. The zero-order chi connectivity index (χ0) is 58.0. The molecule has 4 aromatic carbocycles. The monoisotopic (exact) mass is 1130 g/mol. The van der Waals surface area contributed by atoms with Gasteiger partial charge >= 0.3 is 11.9 Å². The third kappa shape index (κ3) is 19.7. The van der Waals surface area contributed by atoms with Crippen LogP contribution in [0.15, 0.2) is 138 Å². The van der Waals surface area contributed by atoms with Crippen LogP contribution in [0.3, 0.4) is 0 Å². The van der Waals surface area contributed by atoms with Gasteiger partial charge in [-0.3, -0.25) is 0 Å². The van der Waals surface area contributed by atoms with Crippen molar-refractivity contribution >= 4 is 51.6 Å². The lowest BCUT2D eigenvalue weighted by molar-refractivity contribution is 0.0189. The molecule has 2 heterocycles. The number of fused-ring (bicyclic) bond motifs is 2. The Hall–Kier alpha value is -5.96. The Morgan fingerprint density at radius 2 is 1.10 bits per heavy atom. The lowest BCUT2D eigenvalue weighted by Gasteiger charge is -2.39. The number of allylic oxidation sites excluding steroid dienone is 6. The number of ether oxygens (including phenoxy) is 2. The van der Waals surface area contributed by atoms with Crippen LogP contribution in [0.2, 0.25) is 41.3 Å². The van der Waals surface area contributed by atoms with Crippen LogP contribution >= 0.6 is 11.6 Å². The molecule has 0 bridgehead atoms. The normalized spacial score (nSPS) is 19.9. The molecule has 426 valence electrons. The highest BCUT2D eigenvalue weighted by Crippen LogP contribution is 2.46. The highest BCUT2D eigenvalue weighted by Gasteiger charge is 2.43. The van der Waals surface area contributed by atoms with Gasteiger partial charge < -0.3 is 28.0 Å². The van der Waals surface area contributed by atoms with Gasteiger partial charge in [0, 0.05) is 31.7 Å². The summed E-state index contributed by atoms with van der Waals surface area (Å²) in [6, 6.07) is 25.8. The molecule has 0 unspecified atom stereocenters. The second-order valence-corrected chi connectivity index (χ2v) is 34.0. The number of hydrogen-bond donors (Lipinski definition) is 0. The molecule has 0 saturated heterocycles. The fourth-order valence-corrected chi connectivity index (χ4v) is 10.6. The van der Waals surface area contributed by atoms with Crippen LogP contribution in [0.25, 0.3) is 0 Å². The average Bonchev–Trinajstić information content (AvgIpc) is 3.38. The Morgan fingerprint density at radius 1 is 0.620 bits per heavy atom. The third-order valence-corrected chi connectivity index (χ3v) is 24.0. The van der Waals surface area contributed by atoms with Crippen LogP contribution in [0.4, 0.5) is 0 Å². The SMILES string of the molecule is CC(C)[C@@H]1C/C=C/CC/C=C/C(=NOCc2ccccc2)Cc2c(Cl)c(O[Si](C)(C)C(C)(C)C)cc(O[Si](C)(C)C(C)(C)C)c2C(=O)O1.Cc1cc(C)c2c(c1)CC(=NOCc1ccccc1)/C=C/CC/C=C/C[C@@H](C)OC2=O. The van der Waals surface area contributed by atoms with E-state index in [1.54, 1.807) is 0 Å². The molecule has 0 spiro atoms. The van der Waals surface area contributed by atoms with Crippen LogP contribution in [0, 0.1) is 19.8 Å². The van der Waals surface area contributed by atoms with Crippen molar-refractivity contribution in [2.45, 2.75) is 189 Å². The summed E-state index contributed by atoms with van der Waals surface area (Å²) in [6.07, 6.45) is 21.8. The molecule has 10 nitrogen and oxygen atoms in total. The second kappa shape index (κ2) is 29.5. The first-order valence-electron chi connectivity index (χ1n) is 28.1. The summed E-state index contributed by atoms with van der Waals surface area (Å²) in [5.74, 6) is 0.329. The molecule has 0 radical (unpaired) electrons. The van der Waals surface area contributed by atoms with Crippen LogP contribution in [0.5, 0.6) is 11.5 Å². The summed E-state index contributed by atoms with van der Waals surface area (Å²) in [5.41, 5.74) is 7.93. The van der Waals surface area contributed by atoms with E-state index >= 15 is 0 Å². The molecule has 13 heteroatoms. The van der Waals surface area contributed by atoms with Gasteiger partial charge in [0.1, 0.15) is 42.5 Å². The van der Waals surface area contributed by atoms with Gasteiger partial charge in [-0.15, -0.1) is 0 Å². The summed E-state index contributed by atoms with van der Waals surface area (Å²) < 4.78 is 25.9. The number of halogens is 1. The van der Waals surface area contributed by atoms with Crippen molar-refractivity contribution in [2.75, 3.05) is 0 Å². The number of carbonyl (C=O) groups excluding carboxylic acids is 2. The molecule has 0 amide bonds. The van der Waals surface area contributed by atoms with Crippen molar-refractivity contribution in [3.63, 3.8) is 0 Å². The van der Waals surface area contributed by atoms with E-state index in [2.05, 4.69) is 128 Å². The summed E-state index contributed by atoms with van der Waals surface area (Å²) >= 11 is 7.34. The summed E-state index contributed by atoms with van der Waals surface area (Å²) in [5, 5.41) is 9.14. The van der Waals surface area contributed by atoms with E-state index in [0.29, 0.717) is 65.0 Å². The number of carbonyl (C=O) groups is 2. The summed E-state index contributed by atoms with van der Waals surface area (Å²) in [7, 11) is -4.79. The lowest BCUT2D eigenvalue weighted by atomic mass is 9.95.